The summed E-state index contributed by atoms with van der Waals surface area (Å²) >= 11 is 0. The minimum atomic E-state index is -1.12. The Morgan fingerprint density at radius 1 is 1.02 bits per heavy atom. The van der Waals surface area contributed by atoms with E-state index in [4.69, 9.17) is 4.74 Å². The summed E-state index contributed by atoms with van der Waals surface area (Å²) in [6.07, 6.45) is 6.12. The maximum Gasteiger partial charge on any atom is 0.408 e. The zero-order valence-corrected chi connectivity index (χ0v) is 27.5. The fourth-order valence-corrected chi connectivity index (χ4v) is 7.07. The molecule has 250 valence electrons. The zero-order valence-electron chi connectivity index (χ0n) is 27.5. The van der Waals surface area contributed by atoms with E-state index in [0.717, 1.165) is 32.1 Å². The molecule has 4 rings (SSSR count). The standard InChI is InChI=1S/C33H51N5O7/c1-7-8-14-22(27(40)29(42)34-16-15-23(39)37-17-18-37)35-28(41)26-24-21(33(24,5)6)19-38(26)30(43)25(20-12-10-9-11-13-20)36-31(44)45-32(2,3)4/h7,20-22,24-26H,1,8-19H2,2-6H3,(H,34,42)(H,35,41)(H,36,44)/t21-,22?,24-,25-,26-/m0/s1. The zero-order chi connectivity index (χ0) is 33.1. The van der Waals surface area contributed by atoms with Crippen LogP contribution in [0.1, 0.15) is 86.0 Å². The summed E-state index contributed by atoms with van der Waals surface area (Å²) in [6, 6.07) is -2.81. The average molecular weight is 630 g/mol. The molecule has 0 aromatic rings. The van der Waals surface area contributed by atoms with Crippen molar-refractivity contribution in [2.75, 3.05) is 26.2 Å². The summed E-state index contributed by atoms with van der Waals surface area (Å²) in [5, 5.41) is 8.14. The number of carbonyl (C=O) groups excluding carboxylic acids is 6. The molecule has 5 atom stereocenters. The van der Waals surface area contributed by atoms with Gasteiger partial charge in [-0.1, -0.05) is 39.2 Å². The molecule has 45 heavy (non-hydrogen) atoms. The minimum Gasteiger partial charge on any atom is -0.444 e. The molecule has 2 aliphatic heterocycles. The Morgan fingerprint density at radius 3 is 2.29 bits per heavy atom. The van der Waals surface area contributed by atoms with Gasteiger partial charge in [0.2, 0.25) is 23.5 Å². The smallest absolute Gasteiger partial charge is 0.408 e. The number of ether oxygens (including phenoxy) is 1. The second-order valence-electron chi connectivity index (χ2n) is 14.6. The average Bonchev–Trinajstić information content (AvgIpc) is 3.86. The van der Waals surface area contributed by atoms with Crippen molar-refractivity contribution in [3.63, 3.8) is 0 Å². The van der Waals surface area contributed by atoms with Gasteiger partial charge in [0.05, 0.1) is 6.04 Å². The Hall–Kier alpha value is -3.44. The van der Waals surface area contributed by atoms with Crippen molar-refractivity contribution in [1.29, 1.82) is 0 Å². The number of hydrogen-bond donors (Lipinski definition) is 3. The summed E-state index contributed by atoms with van der Waals surface area (Å²) in [5.41, 5.74) is -0.921. The van der Waals surface area contributed by atoms with Crippen LogP contribution in [0.5, 0.6) is 0 Å². The van der Waals surface area contributed by atoms with Crippen molar-refractivity contribution in [3.8, 4) is 0 Å². The number of nitrogens with zero attached hydrogens (tertiary/aromatic N) is 2. The fourth-order valence-electron chi connectivity index (χ4n) is 7.07. The molecule has 2 aliphatic carbocycles. The quantitative estimate of drug-likeness (QED) is 0.161. The number of Topliss-reactive ketones (excluding diaryl/α,β-unsaturated/α-hetero) is 1. The van der Waals surface area contributed by atoms with Gasteiger partial charge in [0.15, 0.2) is 0 Å². The van der Waals surface area contributed by atoms with E-state index in [-0.39, 0.29) is 54.4 Å². The van der Waals surface area contributed by atoms with Crippen LogP contribution >= 0.6 is 0 Å². The number of allylic oxidation sites excluding steroid dienone is 1. The van der Waals surface area contributed by atoms with Gasteiger partial charge in [-0.3, -0.25) is 24.0 Å². The minimum absolute atomic E-state index is 0.0259. The Bertz CT molecular complexity index is 1180. The lowest BCUT2D eigenvalue weighted by molar-refractivity contribution is -0.145. The second kappa shape index (κ2) is 13.9. The predicted molar refractivity (Wildman–Crippen MR) is 167 cm³/mol. The first-order valence-electron chi connectivity index (χ1n) is 16.5. The highest BCUT2D eigenvalue weighted by Crippen LogP contribution is 2.65. The Morgan fingerprint density at radius 2 is 1.69 bits per heavy atom. The van der Waals surface area contributed by atoms with Crippen LogP contribution in [0.4, 0.5) is 4.79 Å². The van der Waals surface area contributed by atoms with Gasteiger partial charge in [-0.2, -0.15) is 0 Å². The maximum absolute atomic E-state index is 14.3. The number of carbonyl (C=O) groups is 6. The topological polar surface area (TPSA) is 154 Å². The van der Waals surface area contributed by atoms with Crippen molar-refractivity contribution in [1.82, 2.24) is 25.8 Å². The summed E-state index contributed by atoms with van der Waals surface area (Å²) in [5.74, 6) is -2.68. The molecular weight excluding hydrogens is 578 g/mol. The third-order valence-electron chi connectivity index (χ3n) is 9.76. The van der Waals surface area contributed by atoms with Gasteiger partial charge in [-0.05, 0) is 69.6 Å². The number of ketones is 1. The van der Waals surface area contributed by atoms with E-state index in [1.54, 1.807) is 36.6 Å². The Labute approximate surface area is 266 Å². The fraction of sp³-hybridized carbons (Fsp3) is 0.758. The highest BCUT2D eigenvalue weighted by Gasteiger charge is 2.69. The summed E-state index contributed by atoms with van der Waals surface area (Å²) in [6.45, 7) is 14.9. The molecule has 0 aromatic carbocycles. The largest absolute Gasteiger partial charge is 0.444 e. The molecule has 0 bridgehead atoms. The Kier molecular flexibility index (Phi) is 10.6. The van der Waals surface area contributed by atoms with Crippen LogP contribution in [0.3, 0.4) is 0 Å². The molecular formula is C33H51N5O7. The first kappa shape index (κ1) is 34.4. The number of nitrogens with one attached hydrogen (secondary N) is 3. The number of piperidine rings is 1. The van der Waals surface area contributed by atoms with Crippen molar-refractivity contribution in [3.05, 3.63) is 12.7 Å². The molecule has 4 fully saturated rings. The highest BCUT2D eigenvalue weighted by molar-refractivity contribution is 6.38. The van der Waals surface area contributed by atoms with Crippen LogP contribution in [-0.2, 0) is 28.7 Å². The summed E-state index contributed by atoms with van der Waals surface area (Å²) < 4.78 is 5.50. The second-order valence-corrected chi connectivity index (χ2v) is 14.6. The molecule has 12 nitrogen and oxygen atoms in total. The van der Waals surface area contributed by atoms with Crippen LogP contribution in [0.2, 0.25) is 0 Å². The maximum atomic E-state index is 14.3. The van der Waals surface area contributed by atoms with E-state index in [0.29, 0.717) is 26.1 Å². The molecule has 0 spiro atoms. The lowest BCUT2D eigenvalue weighted by Gasteiger charge is -2.37. The van der Waals surface area contributed by atoms with E-state index in [1.165, 1.54) is 0 Å². The Balaban J connectivity index is 1.49. The van der Waals surface area contributed by atoms with Crippen molar-refractivity contribution in [2.45, 2.75) is 110 Å². The van der Waals surface area contributed by atoms with Gasteiger partial charge < -0.3 is 30.5 Å². The molecule has 2 saturated heterocycles. The first-order chi connectivity index (χ1) is 21.2. The molecule has 5 amide bonds. The normalized spacial score (nSPS) is 24.9. The highest BCUT2D eigenvalue weighted by atomic mass is 16.6. The molecule has 3 N–H and O–H groups in total. The van der Waals surface area contributed by atoms with E-state index < -0.39 is 47.4 Å². The van der Waals surface area contributed by atoms with Gasteiger partial charge in [-0.25, -0.2) is 4.79 Å². The molecule has 0 radical (unpaired) electrons. The summed E-state index contributed by atoms with van der Waals surface area (Å²) in [7, 11) is 0. The SMILES string of the molecule is C=CCCC(NC(=O)[C@@H]1[C@@H]2[C@H](CN1C(=O)[C@@H](NC(=O)OC(C)(C)C)C1CCCCC1)C2(C)C)C(=O)C(=O)NCCC(=O)N1CC1. The van der Waals surface area contributed by atoms with Gasteiger partial charge >= 0.3 is 6.09 Å². The van der Waals surface area contributed by atoms with Crippen LogP contribution in [0.25, 0.3) is 0 Å². The monoisotopic (exact) mass is 629 g/mol. The number of rotatable bonds is 13. The van der Waals surface area contributed by atoms with Crippen molar-refractivity contribution in [2.24, 2.45) is 23.2 Å². The van der Waals surface area contributed by atoms with E-state index in [9.17, 15) is 28.8 Å². The molecule has 0 aromatic heterocycles. The van der Waals surface area contributed by atoms with E-state index >= 15 is 0 Å². The lowest BCUT2D eigenvalue weighted by Crippen LogP contribution is -2.59. The lowest BCUT2D eigenvalue weighted by atomic mass is 9.83. The van der Waals surface area contributed by atoms with Crippen molar-refractivity contribution >= 4 is 35.5 Å². The molecule has 2 heterocycles. The number of amides is 5. The van der Waals surface area contributed by atoms with Gasteiger partial charge in [0.1, 0.15) is 17.7 Å². The van der Waals surface area contributed by atoms with Crippen LogP contribution < -0.4 is 16.0 Å². The summed E-state index contributed by atoms with van der Waals surface area (Å²) in [4.78, 5) is 82.2. The third kappa shape index (κ3) is 8.43. The van der Waals surface area contributed by atoms with Gasteiger partial charge in [0.25, 0.3) is 5.91 Å². The van der Waals surface area contributed by atoms with Gasteiger partial charge in [-0.15, -0.1) is 6.58 Å². The number of hydrogen-bond acceptors (Lipinski definition) is 7. The number of fused-ring (bicyclic) bond motifs is 1. The molecule has 2 saturated carbocycles. The van der Waals surface area contributed by atoms with Crippen molar-refractivity contribution < 1.29 is 33.5 Å². The number of likely N-dealkylation sites (tertiary alicyclic amines) is 1. The molecule has 4 aliphatic rings. The van der Waals surface area contributed by atoms with Crippen LogP contribution in [-0.4, -0.2) is 95.2 Å². The first-order valence-corrected chi connectivity index (χ1v) is 16.5. The predicted octanol–water partition coefficient (Wildman–Crippen LogP) is 2.31. The third-order valence-corrected chi connectivity index (χ3v) is 9.76. The van der Waals surface area contributed by atoms with E-state index in [2.05, 4.69) is 36.4 Å². The number of alkyl carbamates (subject to hydrolysis) is 1. The van der Waals surface area contributed by atoms with Crippen LogP contribution in [0, 0.1) is 23.2 Å². The molecule has 12 heteroatoms. The van der Waals surface area contributed by atoms with Gasteiger partial charge in [0, 0.05) is 32.6 Å². The van der Waals surface area contributed by atoms with Crippen LogP contribution in [0.15, 0.2) is 12.7 Å². The molecule has 1 unspecified atom stereocenters. The van der Waals surface area contributed by atoms with E-state index in [1.807, 2.05) is 0 Å².